The average molecular weight is 447 g/mol. The van der Waals surface area contributed by atoms with E-state index in [4.69, 9.17) is 4.74 Å². The van der Waals surface area contributed by atoms with Crippen molar-refractivity contribution in [3.8, 4) is 0 Å². The van der Waals surface area contributed by atoms with Gasteiger partial charge >= 0.3 is 5.97 Å². The number of anilines is 2. The third-order valence-electron chi connectivity index (χ3n) is 7.27. The summed E-state index contributed by atoms with van der Waals surface area (Å²) in [5.41, 5.74) is 3.16. The summed E-state index contributed by atoms with van der Waals surface area (Å²) in [6.45, 7) is 3.37. The first kappa shape index (κ1) is 21.4. The summed E-state index contributed by atoms with van der Waals surface area (Å²) in [6, 6.07) is 12.0. The van der Waals surface area contributed by atoms with Crippen molar-refractivity contribution < 1.29 is 23.9 Å². The highest BCUT2D eigenvalue weighted by Crippen LogP contribution is 2.56. The number of fused-ring (bicyclic) bond motifs is 5. The number of ether oxygens (including phenoxy) is 1. The molecule has 3 aliphatic rings. The zero-order valence-corrected chi connectivity index (χ0v) is 18.7. The standard InChI is InChI=1S/C26H26N2O5/c1-14-6-7-15(2)20(10-14)27-21(29)13-33-26(32)18-4-3-5-19(12-18)28-24(30)22-16-8-9-17(11-16)23(22)25(28)31/h3-7,10,12,16-17,22-23H,8-9,11,13H2,1-2H3,(H,27,29)/t16-,17-,22-,23+/m0/s1. The van der Waals surface area contributed by atoms with Crippen molar-refractivity contribution in [2.75, 3.05) is 16.8 Å². The highest BCUT2D eigenvalue weighted by molar-refractivity contribution is 6.22. The largest absolute Gasteiger partial charge is 0.452 e. The Balaban J connectivity index is 1.25. The van der Waals surface area contributed by atoms with Crippen molar-refractivity contribution in [3.05, 3.63) is 59.2 Å². The maximum absolute atomic E-state index is 13.0. The van der Waals surface area contributed by atoms with Crippen LogP contribution in [0.2, 0.25) is 0 Å². The monoisotopic (exact) mass is 446 g/mol. The predicted octanol–water partition coefficient (Wildman–Crippen LogP) is 3.63. The number of rotatable bonds is 5. The second-order valence-corrected chi connectivity index (χ2v) is 9.39. The van der Waals surface area contributed by atoms with Gasteiger partial charge in [0.1, 0.15) is 0 Å². The van der Waals surface area contributed by atoms with Crippen LogP contribution in [-0.2, 0) is 19.1 Å². The number of hydrogen-bond donors (Lipinski definition) is 1. The lowest BCUT2D eigenvalue weighted by Gasteiger charge is -2.19. The fourth-order valence-corrected chi connectivity index (χ4v) is 5.71. The molecule has 0 spiro atoms. The van der Waals surface area contributed by atoms with Gasteiger partial charge in [-0.1, -0.05) is 18.2 Å². The van der Waals surface area contributed by atoms with Crippen LogP contribution in [0.3, 0.4) is 0 Å². The lowest BCUT2D eigenvalue weighted by molar-refractivity contribution is -0.123. The highest BCUT2D eigenvalue weighted by Gasteiger charge is 2.61. The molecule has 170 valence electrons. The van der Waals surface area contributed by atoms with Gasteiger partial charge in [-0.25, -0.2) is 4.79 Å². The van der Waals surface area contributed by atoms with Crippen molar-refractivity contribution in [2.24, 2.45) is 23.7 Å². The van der Waals surface area contributed by atoms with Crippen molar-refractivity contribution >= 4 is 35.1 Å². The number of nitrogens with one attached hydrogen (secondary N) is 1. The molecular formula is C26H26N2O5. The molecule has 7 nitrogen and oxygen atoms in total. The first-order chi connectivity index (χ1) is 15.8. The van der Waals surface area contributed by atoms with Gasteiger partial charge in [0.15, 0.2) is 6.61 Å². The number of hydrogen-bond acceptors (Lipinski definition) is 5. The van der Waals surface area contributed by atoms with E-state index in [1.807, 2.05) is 32.0 Å². The Bertz CT molecular complexity index is 1150. The Morgan fingerprint density at radius 1 is 1.00 bits per heavy atom. The van der Waals surface area contributed by atoms with E-state index in [0.717, 1.165) is 30.4 Å². The quantitative estimate of drug-likeness (QED) is 0.559. The molecule has 0 radical (unpaired) electrons. The Hall–Kier alpha value is -3.48. The number of carbonyl (C=O) groups is 4. The maximum atomic E-state index is 13.0. The molecule has 2 aliphatic carbocycles. The Morgan fingerprint density at radius 2 is 1.70 bits per heavy atom. The number of imide groups is 1. The second kappa shape index (κ2) is 8.14. The summed E-state index contributed by atoms with van der Waals surface area (Å²) in [6.07, 6.45) is 2.99. The fourth-order valence-electron chi connectivity index (χ4n) is 5.71. The molecular weight excluding hydrogens is 420 g/mol. The lowest BCUT2D eigenvalue weighted by Crippen LogP contribution is -2.32. The first-order valence-electron chi connectivity index (χ1n) is 11.4. The highest BCUT2D eigenvalue weighted by atomic mass is 16.5. The number of carbonyl (C=O) groups excluding carboxylic acids is 4. The topological polar surface area (TPSA) is 92.8 Å². The average Bonchev–Trinajstić information content (AvgIpc) is 3.48. The van der Waals surface area contributed by atoms with Crippen LogP contribution in [0.1, 0.15) is 40.7 Å². The van der Waals surface area contributed by atoms with Gasteiger partial charge in [0.2, 0.25) is 11.8 Å². The van der Waals surface area contributed by atoms with Gasteiger partial charge in [0.25, 0.3) is 5.91 Å². The molecule has 2 aromatic carbocycles. The molecule has 33 heavy (non-hydrogen) atoms. The predicted molar refractivity (Wildman–Crippen MR) is 122 cm³/mol. The van der Waals surface area contributed by atoms with Gasteiger partial charge in [-0.15, -0.1) is 0 Å². The van der Waals surface area contributed by atoms with E-state index >= 15 is 0 Å². The molecule has 7 heteroatoms. The number of benzene rings is 2. The summed E-state index contributed by atoms with van der Waals surface area (Å²) in [5, 5.41) is 2.75. The molecule has 5 rings (SSSR count). The van der Waals surface area contributed by atoms with Gasteiger partial charge < -0.3 is 10.1 Å². The minimum atomic E-state index is -0.688. The Labute approximate surface area is 192 Å². The lowest BCUT2D eigenvalue weighted by atomic mass is 9.81. The van der Waals surface area contributed by atoms with Gasteiger partial charge in [0, 0.05) is 5.69 Å². The molecule has 2 aromatic rings. The Morgan fingerprint density at radius 3 is 2.39 bits per heavy atom. The molecule has 1 saturated heterocycles. The van der Waals surface area contributed by atoms with Crippen LogP contribution in [0.5, 0.6) is 0 Å². The zero-order chi connectivity index (χ0) is 23.3. The van der Waals surface area contributed by atoms with E-state index in [2.05, 4.69) is 5.32 Å². The molecule has 3 amide bonds. The van der Waals surface area contributed by atoms with Crippen molar-refractivity contribution in [2.45, 2.75) is 33.1 Å². The SMILES string of the molecule is Cc1ccc(C)c(NC(=O)COC(=O)c2cccc(N3C(=O)[C@@H]4[C@H]5CC[C@@H](C5)[C@@H]4C3=O)c2)c1. The second-order valence-electron chi connectivity index (χ2n) is 9.39. The molecule has 1 N–H and O–H groups in total. The van der Waals surface area contributed by atoms with Crippen molar-refractivity contribution in [1.82, 2.24) is 0 Å². The summed E-state index contributed by atoms with van der Waals surface area (Å²) < 4.78 is 5.18. The third-order valence-corrected chi connectivity index (χ3v) is 7.27. The van der Waals surface area contributed by atoms with Crippen LogP contribution in [0.15, 0.2) is 42.5 Å². The molecule has 0 aromatic heterocycles. The van der Waals surface area contributed by atoms with E-state index in [1.54, 1.807) is 18.2 Å². The summed E-state index contributed by atoms with van der Waals surface area (Å²) in [5.74, 6) is -1.29. The van der Waals surface area contributed by atoms with E-state index < -0.39 is 18.5 Å². The zero-order valence-electron chi connectivity index (χ0n) is 18.7. The van der Waals surface area contributed by atoms with Crippen molar-refractivity contribution in [1.29, 1.82) is 0 Å². The molecule has 0 unspecified atom stereocenters. The van der Waals surface area contributed by atoms with Crippen LogP contribution < -0.4 is 10.2 Å². The number of amides is 3. The third kappa shape index (κ3) is 3.71. The van der Waals surface area contributed by atoms with E-state index in [0.29, 0.717) is 23.2 Å². The number of aryl methyl sites for hydroxylation is 2. The minimum absolute atomic E-state index is 0.157. The van der Waals surface area contributed by atoms with Crippen LogP contribution in [0.4, 0.5) is 11.4 Å². The molecule has 2 saturated carbocycles. The van der Waals surface area contributed by atoms with Crippen molar-refractivity contribution in [3.63, 3.8) is 0 Å². The molecule has 4 atom stereocenters. The maximum Gasteiger partial charge on any atom is 0.338 e. The summed E-state index contributed by atoms with van der Waals surface area (Å²) >= 11 is 0. The fraction of sp³-hybridized carbons (Fsp3) is 0.385. The van der Waals surface area contributed by atoms with E-state index in [1.165, 1.54) is 11.0 Å². The van der Waals surface area contributed by atoms with Gasteiger partial charge in [-0.05, 0) is 80.3 Å². The Kier molecular flexibility index (Phi) is 5.27. The van der Waals surface area contributed by atoms with Crippen LogP contribution in [-0.4, -0.2) is 30.3 Å². The first-order valence-corrected chi connectivity index (χ1v) is 11.4. The van der Waals surface area contributed by atoms with Crippen LogP contribution in [0, 0.1) is 37.5 Å². The van der Waals surface area contributed by atoms with Gasteiger partial charge in [-0.2, -0.15) is 0 Å². The van der Waals surface area contributed by atoms with E-state index in [9.17, 15) is 19.2 Å². The van der Waals surface area contributed by atoms with Gasteiger partial charge in [0.05, 0.1) is 23.1 Å². The molecule has 2 bridgehead atoms. The summed E-state index contributed by atoms with van der Waals surface area (Å²) in [4.78, 5) is 52.2. The molecule has 1 aliphatic heterocycles. The van der Waals surface area contributed by atoms with E-state index in [-0.39, 0.29) is 29.2 Å². The van der Waals surface area contributed by atoms with Gasteiger partial charge in [-0.3, -0.25) is 19.3 Å². The minimum Gasteiger partial charge on any atom is -0.452 e. The van der Waals surface area contributed by atoms with Crippen LogP contribution in [0.25, 0.3) is 0 Å². The van der Waals surface area contributed by atoms with Crippen LogP contribution >= 0.6 is 0 Å². The molecule has 3 fully saturated rings. The smallest absolute Gasteiger partial charge is 0.338 e. The number of esters is 1. The molecule has 1 heterocycles. The summed E-state index contributed by atoms with van der Waals surface area (Å²) in [7, 11) is 0. The number of nitrogens with zero attached hydrogens (tertiary/aromatic N) is 1. The normalized spacial score (nSPS) is 25.3.